The Hall–Kier alpha value is -2.74. The van der Waals surface area contributed by atoms with E-state index in [0.29, 0.717) is 11.5 Å². The summed E-state index contributed by atoms with van der Waals surface area (Å²) in [6.45, 7) is 8.31. The van der Waals surface area contributed by atoms with Crippen molar-refractivity contribution in [1.29, 1.82) is 0 Å². The van der Waals surface area contributed by atoms with Gasteiger partial charge in [-0.15, -0.1) is 0 Å². The lowest BCUT2D eigenvalue weighted by atomic mass is 9.78. The molecule has 0 aliphatic rings. The number of aromatic hydroxyl groups is 2. The van der Waals surface area contributed by atoms with Crippen LogP contribution < -0.4 is 0 Å². The van der Waals surface area contributed by atoms with Gasteiger partial charge in [-0.2, -0.15) is 0 Å². The van der Waals surface area contributed by atoms with Gasteiger partial charge in [0.1, 0.15) is 11.5 Å². The fourth-order valence-corrected chi connectivity index (χ4v) is 3.61. The van der Waals surface area contributed by atoms with E-state index < -0.39 is 0 Å². The minimum atomic E-state index is -0.114. The average Bonchev–Trinajstić information content (AvgIpc) is 2.65. The third-order valence-electron chi connectivity index (χ3n) is 5.52. The lowest BCUT2D eigenvalue weighted by molar-refractivity contribution is 0.466. The predicted molar refractivity (Wildman–Crippen MR) is 112 cm³/mol. The molecule has 3 rings (SSSR count). The molecule has 0 heterocycles. The molecule has 0 fully saturated rings. The van der Waals surface area contributed by atoms with Crippen molar-refractivity contribution >= 4 is 0 Å². The van der Waals surface area contributed by atoms with Crippen molar-refractivity contribution < 1.29 is 10.2 Å². The lowest BCUT2D eigenvalue weighted by Crippen LogP contribution is -2.18. The normalized spacial score (nSPS) is 11.6. The number of benzene rings is 3. The van der Waals surface area contributed by atoms with Gasteiger partial charge in [-0.3, -0.25) is 0 Å². The van der Waals surface area contributed by atoms with E-state index in [0.717, 1.165) is 24.0 Å². The van der Waals surface area contributed by atoms with Gasteiger partial charge in [-0.05, 0) is 72.2 Å². The lowest BCUT2D eigenvalue weighted by Gasteiger charge is -2.26. The van der Waals surface area contributed by atoms with E-state index in [1.807, 2.05) is 26.0 Å². The van der Waals surface area contributed by atoms with Crippen molar-refractivity contribution in [2.24, 2.45) is 0 Å². The first-order chi connectivity index (χ1) is 12.8. The van der Waals surface area contributed by atoms with E-state index in [4.69, 9.17) is 0 Å². The Labute approximate surface area is 162 Å². The van der Waals surface area contributed by atoms with Crippen LogP contribution in [0.3, 0.4) is 0 Å². The van der Waals surface area contributed by atoms with Crippen LogP contribution in [0, 0.1) is 13.8 Å². The molecule has 0 bridgehead atoms. The molecule has 27 heavy (non-hydrogen) atoms. The third-order valence-corrected chi connectivity index (χ3v) is 5.52. The zero-order valence-corrected chi connectivity index (χ0v) is 16.6. The summed E-state index contributed by atoms with van der Waals surface area (Å²) in [5.41, 5.74) is 6.78. The molecule has 2 heteroatoms. The second kappa shape index (κ2) is 7.48. The Kier molecular flexibility index (Phi) is 5.27. The van der Waals surface area contributed by atoms with Gasteiger partial charge in [-0.25, -0.2) is 0 Å². The molecular formula is C25H28O2. The van der Waals surface area contributed by atoms with E-state index >= 15 is 0 Å². The fourth-order valence-electron chi connectivity index (χ4n) is 3.61. The number of rotatable bonds is 5. The van der Waals surface area contributed by atoms with Crippen LogP contribution in [-0.4, -0.2) is 10.2 Å². The van der Waals surface area contributed by atoms with Crippen LogP contribution in [0.25, 0.3) is 0 Å². The Morgan fingerprint density at radius 1 is 0.667 bits per heavy atom. The molecule has 2 nitrogen and oxygen atoms in total. The highest BCUT2D eigenvalue weighted by Crippen LogP contribution is 2.32. The highest BCUT2D eigenvalue weighted by molar-refractivity contribution is 5.43. The molecule has 0 radical (unpaired) electrons. The summed E-state index contributed by atoms with van der Waals surface area (Å²) in [5.74, 6) is 0.698. The number of phenols is 2. The summed E-state index contributed by atoms with van der Waals surface area (Å²) in [4.78, 5) is 0. The third kappa shape index (κ3) is 4.16. The van der Waals surface area contributed by atoms with Crippen molar-refractivity contribution in [3.8, 4) is 11.5 Å². The zero-order valence-electron chi connectivity index (χ0n) is 16.6. The average molecular weight is 360 g/mol. The van der Waals surface area contributed by atoms with Gasteiger partial charge in [0, 0.05) is 5.41 Å². The van der Waals surface area contributed by atoms with Gasteiger partial charge in [-0.1, -0.05) is 62.4 Å². The molecule has 3 aromatic rings. The molecule has 3 aromatic carbocycles. The largest absolute Gasteiger partial charge is 0.508 e. The highest BCUT2D eigenvalue weighted by Gasteiger charge is 2.22. The molecule has 2 N–H and O–H groups in total. The van der Waals surface area contributed by atoms with Gasteiger partial charge in [0.2, 0.25) is 0 Å². The first-order valence-corrected chi connectivity index (χ1v) is 9.45. The van der Waals surface area contributed by atoms with E-state index in [-0.39, 0.29) is 5.41 Å². The minimum absolute atomic E-state index is 0.114. The van der Waals surface area contributed by atoms with E-state index in [9.17, 15) is 10.2 Å². The summed E-state index contributed by atoms with van der Waals surface area (Å²) in [5, 5.41) is 19.4. The van der Waals surface area contributed by atoms with Crippen molar-refractivity contribution in [3.63, 3.8) is 0 Å². The number of aryl methyl sites for hydroxylation is 4. The van der Waals surface area contributed by atoms with E-state index in [2.05, 4.69) is 50.2 Å². The highest BCUT2D eigenvalue weighted by atomic mass is 16.3. The Morgan fingerprint density at radius 3 is 1.63 bits per heavy atom. The Bertz CT molecular complexity index is 897. The number of hydrogen-bond acceptors (Lipinski definition) is 2. The molecule has 0 aliphatic carbocycles. The smallest absolute Gasteiger partial charge is 0.121 e. The fraction of sp³-hybridized carbons (Fsp3) is 0.280. The Balaban J connectivity index is 1.72. The Morgan fingerprint density at radius 2 is 1.11 bits per heavy atom. The predicted octanol–water partition coefficient (Wildman–Crippen LogP) is 5.83. The molecule has 0 saturated heterocycles. The van der Waals surface area contributed by atoms with Crippen molar-refractivity contribution in [1.82, 2.24) is 0 Å². The van der Waals surface area contributed by atoms with Gasteiger partial charge in [0.05, 0.1) is 0 Å². The molecule has 140 valence electrons. The minimum Gasteiger partial charge on any atom is -0.508 e. The van der Waals surface area contributed by atoms with Crippen LogP contribution in [0.5, 0.6) is 11.5 Å². The molecule has 0 aliphatic heterocycles. The maximum absolute atomic E-state index is 9.92. The van der Waals surface area contributed by atoms with Crippen molar-refractivity contribution in [3.05, 3.63) is 94.0 Å². The van der Waals surface area contributed by atoms with E-state index in [1.165, 1.54) is 22.3 Å². The molecule has 0 saturated carbocycles. The quantitative estimate of drug-likeness (QED) is 0.601. The van der Waals surface area contributed by atoms with Gasteiger partial charge in [0.15, 0.2) is 0 Å². The standard InChI is InChI=1S/C25H28O2/c1-17-15-20(16-18(2)24(17)27)6-5-19-7-9-21(10-8-19)25(3,4)22-11-13-23(26)14-12-22/h7-16,26-27H,5-6H2,1-4H3. The molecular weight excluding hydrogens is 332 g/mol. The molecule has 0 aromatic heterocycles. The van der Waals surface area contributed by atoms with Crippen LogP contribution in [0.2, 0.25) is 0 Å². The second-order valence-electron chi connectivity index (χ2n) is 7.95. The molecule has 0 unspecified atom stereocenters. The van der Waals surface area contributed by atoms with Crippen LogP contribution in [0.1, 0.15) is 47.2 Å². The van der Waals surface area contributed by atoms with Crippen LogP contribution >= 0.6 is 0 Å². The second-order valence-corrected chi connectivity index (χ2v) is 7.95. The summed E-state index contributed by atoms with van der Waals surface area (Å²) in [6, 6.07) is 20.4. The SMILES string of the molecule is Cc1cc(CCc2ccc(C(C)(C)c3ccc(O)cc3)cc2)cc(C)c1O. The van der Waals surface area contributed by atoms with Crippen LogP contribution in [0.15, 0.2) is 60.7 Å². The van der Waals surface area contributed by atoms with E-state index in [1.54, 1.807) is 12.1 Å². The first-order valence-electron chi connectivity index (χ1n) is 9.45. The summed E-state index contributed by atoms with van der Waals surface area (Å²) < 4.78 is 0. The monoisotopic (exact) mass is 360 g/mol. The number of phenolic OH excluding ortho intramolecular Hbond substituents is 2. The topological polar surface area (TPSA) is 40.5 Å². The van der Waals surface area contributed by atoms with Gasteiger partial charge >= 0.3 is 0 Å². The molecule has 0 amide bonds. The first kappa shape index (κ1) is 19.0. The van der Waals surface area contributed by atoms with Gasteiger partial charge < -0.3 is 10.2 Å². The molecule has 0 spiro atoms. The van der Waals surface area contributed by atoms with Crippen LogP contribution in [0.4, 0.5) is 0 Å². The number of hydrogen-bond donors (Lipinski definition) is 2. The van der Waals surface area contributed by atoms with Crippen molar-refractivity contribution in [2.75, 3.05) is 0 Å². The maximum Gasteiger partial charge on any atom is 0.121 e. The molecule has 0 atom stereocenters. The maximum atomic E-state index is 9.92. The summed E-state index contributed by atoms with van der Waals surface area (Å²) >= 11 is 0. The van der Waals surface area contributed by atoms with Gasteiger partial charge in [0.25, 0.3) is 0 Å². The van der Waals surface area contributed by atoms with Crippen molar-refractivity contribution in [2.45, 2.75) is 46.0 Å². The van der Waals surface area contributed by atoms with Crippen LogP contribution in [-0.2, 0) is 18.3 Å². The summed E-state index contributed by atoms with van der Waals surface area (Å²) in [6.07, 6.45) is 1.94. The zero-order chi connectivity index (χ0) is 19.6. The summed E-state index contributed by atoms with van der Waals surface area (Å²) in [7, 11) is 0.